The zero-order chi connectivity index (χ0) is 27.1. The van der Waals surface area contributed by atoms with Crippen molar-refractivity contribution in [3.63, 3.8) is 0 Å². The molecule has 0 heterocycles. The Morgan fingerprint density at radius 1 is 0.778 bits per heavy atom. The first-order chi connectivity index (χ1) is 17.3. The highest BCUT2D eigenvalue weighted by Gasteiger charge is 2.31. The molecule has 0 fully saturated rings. The number of halogens is 1. The number of hydrogen-bond donors (Lipinski definition) is 2. The van der Waals surface area contributed by atoms with E-state index in [0.29, 0.717) is 26.4 Å². The summed E-state index contributed by atoms with van der Waals surface area (Å²) in [4.78, 5) is 24.3. The molecule has 2 N–H and O–H groups in total. The van der Waals surface area contributed by atoms with E-state index in [4.69, 9.17) is 14.2 Å². The van der Waals surface area contributed by atoms with Crippen LogP contribution in [0.2, 0.25) is 0 Å². The molecular weight excluding hydrogens is 463 g/mol. The van der Waals surface area contributed by atoms with Gasteiger partial charge in [-0.2, -0.15) is 0 Å². The van der Waals surface area contributed by atoms with Crippen LogP contribution in [0.3, 0.4) is 0 Å². The summed E-state index contributed by atoms with van der Waals surface area (Å²) < 4.78 is 31.3. The summed E-state index contributed by atoms with van der Waals surface area (Å²) in [5.74, 6) is -0.250. The zero-order valence-electron chi connectivity index (χ0n) is 23.8. The summed E-state index contributed by atoms with van der Waals surface area (Å²) in [7, 11) is 0. The minimum Gasteiger partial charge on any atom is -0.377 e. The Morgan fingerprint density at radius 2 is 1.44 bits per heavy atom. The van der Waals surface area contributed by atoms with Crippen LogP contribution < -0.4 is 10.6 Å². The van der Waals surface area contributed by atoms with Crippen molar-refractivity contribution in [2.45, 2.75) is 117 Å². The van der Waals surface area contributed by atoms with Gasteiger partial charge in [-0.1, -0.05) is 72.1 Å². The first-order valence-electron chi connectivity index (χ1n) is 14.3. The van der Waals surface area contributed by atoms with Crippen molar-refractivity contribution in [2.24, 2.45) is 5.92 Å². The molecule has 0 aliphatic carbocycles. The van der Waals surface area contributed by atoms with Gasteiger partial charge in [-0.25, -0.2) is 4.39 Å². The molecule has 214 valence electrons. The molecule has 0 radical (unpaired) electrons. The Morgan fingerprint density at radius 3 is 2.14 bits per heavy atom. The fourth-order valence-electron chi connectivity index (χ4n) is 3.74. The summed E-state index contributed by atoms with van der Waals surface area (Å²) >= 11 is 0. The van der Waals surface area contributed by atoms with Gasteiger partial charge in [-0.3, -0.25) is 9.59 Å². The van der Waals surface area contributed by atoms with Crippen molar-refractivity contribution >= 4 is 11.8 Å². The van der Waals surface area contributed by atoms with Crippen molar-refractivity contribution in [1.29, 1.82) is 0 Å². The van der Waals surface area contributed by atoms with Gasteiger partial charge >= 0.3 is 0 Å². The number of carbonyl (C=O) groups excluding carboxylic acids is 2. The van der Waals surface area contributed by atoms with E-state index in [1.165, 1.54) is 12.8 Å². The molecule has 8 heteroatoms. The van der Waals surface area contributed by atoms with Crippen molar-refractivity contribution in [3.8, 4) is 0 Å². The lowest BCUT2D eigenvalue weighted by Gasteiger charge is -2.29. The number of hydrogen-bond acceptors (Lipinski definition) is 5. The number of unbranched alkanes of at least 4 members (excludes halogenated alkanes) is 6. The lowest BCUT2D eigenvalue weighted by Crippen LogP contribution is -2.45. The number of ether oxygens (including phenoxy) is 3. The third kappa shape index (κ3) is 18.9. The maximum Gasteiger partial charge on any atom is 0.246 e. The summed E-state index contributed by atoms with van der Waals surface area (Å²) in [6.45, 7) is 11.6. The molecule has 0 aromatic carbocycles. The van der Waals surface area contributed by atoms with Gasteiger partial charge in [0.15, 0.2) is 0 Å². The molecule has 0 aromatic rings. The third-order valence-corrected chi connectivity index (χ3v) is 6.29. The number of carbonyl (C=O) groups is 2. The SMILES string of the molecule is CCCCCCOCC(=O)NCCOCCOC(C)(C)C(F)CNC(=O)C(CCCC)CCCCC. The van der Waals surface area contributed by atoms with Gasteiger partial charge in [0.1, 0.15) is 12.8 Å². The number of rotatable bonds is 25. The standard InChI is InChI=1S/C28H55FN2O5/c1-6-9-12-14-18-35-23-26(32)30-17-19-34-20-21-36-28(4,5)25(29)22-31-27(33)24(15-11-8-3)16-13-10-7-2/h24-25H,6-23H2,1-5H3,(H,30,32)(H,31,33). The van der Waals surface area contributed by atoms with Crippen LogP contribution in [-0.4, -0.2) is 69.7 Å². The molecule has 0 aromatic heterocycles. The molecule has 0 aliphatic heterocycles. The van der Waals surface area contributed by atoms with E-state index in [1.807, 2.05) is 0 Å². The van der Waals surface area contributed by atoms with Crippen LogP contribution in [-0.2, 0) is 23.8 Å². The Hall–Kier alpha value is -1.25. The van der Waals surface area contributed by atoms with E-state index in [1.54, 1.807) is 13.8 Å². The van der Waals surface area contributed by atoms with Crippen molar-refractivity contribution in [1.82, 2.24) is 10.6 Å². The van der Waals surface area contributed by atoms with Gasteiger partial charge in [0, 0.05) is 19.1 Å². The lowest BCUT2D eigenvalue weighted by atomic mass is 9.94. The Bertz CT molecular complexity index is 548. The fourth-order valence-corrected chi connectivity index (χ4v) is 3.74. The van der Waals surface area contributed by atoms with Crippen LogP contribution in [0, 0.1) is 5.92 Å². The average molecular weight is 519 g/mol. The second-order valence-electron chi connectivity index (χ2n) is 10.1. The smallest absolute Gasteiger partial charge is 0.246 e. The van der Waals surface area contributed by atoms with E-state index in [-0.39, 0.29) is 37.5 Å². The van der Waals surface area contributed by atoms with Gasteiger partial charge in [0.25, 0.3) is 0 Å². The largest absolute Gasteiger partial charge is 0.377 e. The number of amides is 2. The minimum atomic E-state index is -1.33. The average Bonchev–Trinajstić information content (AvgIpc) is 2.85. The predicted molar refractivity (Wildman–Crippen MR) is 144 cm³/mol. The molecule has 2 unspecified atom stereocenters. The molecule has 0 spiro atoms. The topological polar surface area (TPSA) is 85.9 Å². The van der Waals surface area contributed by atoms with E-state index < -0.39 is 11.8 Å². The number of alkyl halides is 1. The van der Waals surface area contributed by atoms with Crippen LogP contribution in [0.1, 0.15) is 105 Å². The van der Waals surface area contributed by atoms with E-state index in [2.05, 4.69) is 31.4 Å². The second kappa shape index (κ2) is 22.9. The molecule has 2 atom stereocenters. The molecular formula is C28H55FN2O5. The quantitative estimate of drug-likeness (QED) is 0.159. The van der Waals surface area contributed by atoms with E-state index >= 15 is 0 Å². The highest BCUT2D eigenvalue weighted by Crippen LogP contribution is 2.20. The lowest BCUT2D eigenvalue weighted by molar-refractivity contribution is -0.127. The van der Waals surface area contributed by atoms with Gasteiger partial charge < -0.3 is 24.8 Å². The summed E-state index contributed by atoms with van der Waals surface area (Å²) in [5, 5.41) is 5.55. The maximum absolute atomic E-state index is 14.8. The highest BCUT2D eigenvalue weighted by molar-refractivity contribution is 5.78. The van der Waals surface area contributed by atoms with Crippen LogP contribution in [0.15, 0.2) is 0 Å². The molecule has 2 amide bonds. The van der Waals surface area contributed by atoms with Crippen LogP contribution in [0.4, 0.5) is 4.39 Å². The molecule has 0 saturated carbocycles. The van der Waals surface area contributed by atoms with Crippen molar-refractivity contribution in [3.05, 3.63) is 0 Å². The summed E-state index contributed by atoms with van der Waals surface area (Å²) in [6.07, 6.45) is 10.2. The highest BCUT2D eigenvalue weighted by atomic mass is 19.1. The zero-order valence-corrected chi connectivity index (χ0v) is 23.8. The first kappa shape index (κ1) is 34.8. The van der Waals surface area contributed by atoms with Crippen molar-refractivity contribution in [2.75, 3.05) is 46.1 Å². The van der Waals surface area contributed by atoms with Crippen LogP contribution >= 0.6 is 0 Å². The van der Waals surface area contributed by atoms with E-state index in [9.17, 15) is 14.0 Å². The van der Waals surface area contributed by atoms with Crippen LogP contribution in [0.25, 0.3) is 0 Å². The second-order valence-corrected chi connectivity index (χ2v) is 10.1. The first-order valence-corrected chi connectivity index (χ1v) is 14.3. The van der Waals surface area contributed by atoms with Gasteiger partial charge in [0.05, 0.1) is 32.0 Å². The van der Waals surface area contributed by atoms with Crippen LogP contribution in [0.5, 0.6) is 0 Å². The maximum atomic E-state index is 14.8. The summed E-state index contributed by atoms with van der Waals surface area (Å²) in [5.41, 5.74) is -1.04. The number of nitrogens with one attached hydrogen (secondary N) is 2. The molecule has 0 bridgehead atoms. The van der Waals surface area contributed by atoms with Gasteiger partial charge in [-0.15, -0.1) is 0 Å². The summed E-state index contributed by atoms with van der Waals surface area (Å²) in [6, 6.07) is 0. The van der Waals surface area contributed by atoms with Gasteiger partial charge in [-0.05, 0) is 33.1 Å². The Labute approximate surface area is 220 Å². The Kier molecular flexibility index (Phi) is 22.1. The predicted octanol–water partition coefficient (Wildman–Crippen LogP) is 5.35. The monoisotopic (exact) mass is 518 g/mol. The molecule has 0 saturated heterocycles. The van der Waals surface area contributed by atoms with Crippen molar-refractivity contribution < 1.29 is 28.2 Å². The normalized spacial score (nSPS) is 13.4. The molecule has 0 rings (SSSR count). The Balaban J connectivity index is 4.00. The van der Waals surface area contributed by atoms with Gasteiger partial charge in [0.2, 0.25) is 11.8 Å². The molecule has 36 heavy (non-hydrogen) atoms. The fraction of sp³-hybridized carbons (Fsp3) is 0.929. The third-order valence-electron chi connectivity index (χ3n) is 6.29. The van der Waals surface area contributed by atoms with E-state index in [0.717, 1.165) is 57.8 Å². The molecule has 0 aliphatic rings. The minimum absolute atomic E-state index is 0.0426. The molecule has 7 nitrogen and oxygen atoms in total.